The van der Waals surface area contributed by atoms with Crippen LogP contribution in [-0.2, 0) is 4.79 Å². The Labute approximate surface area is 198 Å². The van der Waals surface area contributed by atoms with E-state index in [1.165, 1.54) is 11.3 Å². The van der Waals surface area contributed by atoms with Crippen molar-refractivity contribution in [1.29, 1.82) is 0 Å². The number of methoxy groups -OCH3 is 1. The van der Waals surface area contributed by atoms with Gasteiger partial charge in [-0.25, -0.2) is 0 Å². The van der Waals surface area contributed by atoms with Crippen LogP contribution in [0.1, 0.15) is 30.9 Å². The number of nitrogens with zero attached hydrogens (tertiary/aromatic N) is 2. The Bertz CT molecular complexity index is 921. The van der Waals surface area contributed by atoms with Crippen molar-refractivity contribution in [1.82, 2.24) is 10.2 Å². The quantitative estimate of drug-likeness (QED) is 0.521. The zero-order valence-corrected chi connectivity index (χ0v) is 20.2. The zero-order chi connectivity index (χ0) is 23.5. The van der Waals surface area contributed by atoms with Gasteiger partial charge in [0.25, 0.3) is 5.91 Å². The summed E-state index contributed by atoms with van der Waals surface area (Å²) in [7, 11) is 1.60. The standard InChI is InChI=1S/C27H37N3O3/c1-4-8-23-11-12-25(26(20-23)32-3)33-21-27(31)28-13-5-6-14-29-15-17-30(18-16-29)24-10-7-9-22(2)19-24/h4,7-12,19-20H,5-6,13-18,21H2,1-3H3,(H,28,31)/b8-4+. The fourth-order valence-corrected chi connectivity index (χ4v) is 4.04. The van der Waals surface area contributed by atoms with Gasteiger partial charge in [-0.2, -0.15) is 0 Å². The predicted molar refractivity (Wildman–Crippen MR) is 135 cm³/mol. The van der Waals surface area contributed by atoms with E-state index in [0.29, 0.717) is 18.0 Å². The van der Waals surface area contributed by atoms with Crippen molar-refractivity contribution in [3.63, 3.8) is 0 Å². The predicted octanol–water partition coefficient (Wildman–Crippen LogP) is 4.13. The number of carbonyl (C=O) groups excluding carboxylic acids is 1. The lowest BCUT2D eigenvalue weighted by Gasteiger charge is -2.36. The first-order chi connectivity index (χ1) is 16.1. The zero-order valence-electron chi connectivity index (χ0n) is 20.2. The number of aryl methyl sites for hydroxylation is 1. The third-order valence-corrected chi connectivity index (χ3v) is 5.87. The summed E-state index contributed by atoms with van der Waals surface area (Å²) in [5.41, 5.74) is 3.66. The van der Waals surface area contributed by atoms with Crippen LogP contribution in [0.15, 0.2) is 48.5 Å². The van der Waals surface area contributed by atoms with Gasteiger partial charge >= 0.3 is 0 Å². The van der Waals surface area contributed by atoms with Gasteiger partial charge in [0.2, 0.25) is 0 Å². The SMILES string of the molecule is C/C=C/c1ccc(OCC(=O)NCCCCN2CCN(c3cccc(C)c3)CC2)c(OC)c1. The van der Waals surface area contributed by atoms with E-state index in [9.17, 15) is 4.79 Å². The van der Waals surface area contributed by atoms with Crippen LogP contribution in [0.3, 0.4) is 0 Å². The summed E-state index contributed by atoms with van der Waals surface area (Å²) in [6, 6.07) is 14.4. The Hall–Kier alpha value is -2.99. The number of ether oxygens (including phenoxy) is 2. The van der Waals surface area contributed by atoms with E-state index in [1.807, 2.05) is 37.3 Å². The number of carbonyl (C=O) groups is 1. The molecule has 0 saturated carbocycles. The summed E-state index contributed by atoms with van der Waals surface area (Å²) >= 11 is 0. The average Bonchev–Trinajstić information content (AvgIpc) is 2.83. The van der Waals surface area contributed by atoms with Crippen LogP contribution in [0.4, 0.5) is 5.69 Å². The number of anilines is 1. The van der Waals surface area contributed by atoms with Gasteiger partial charge in [0.05, 0.1) is 7.11 Å². The molecule has 0 radical (unpaired) electrons. The summed E-state index contributed by atoms with van der Waals surface area (Å²) in [6.07, 6.45) is 5.99. The Morgan fingerprint density at radius 1 is 1.06 bits per heavy atom. The molecule has 0 spiro atoms. The van der Waals surface area contributed by atoms with Crippen LogP contribution < -0.4 is 19.7 Å². The van der Waals surface area contributed by atoms with E-state index in [0.717, 1.165) is 51.1 Å². The number of benzene rings is 2. The second-order valence-corrected chi connectivity index (χ2v) is 8.42. The first-order valence-electron chi connectivity index (χ1n) is 11.8. The largest absolute Gasteiger partial charge is 0.493 e. The molecular formula is C27H37N3O3. The number of nitrogens with one attached hydrogen (secondary N) is 1. The number of rotatable bonds is 11. The molecule has 0 unspecified atom stereocenters. The van der Waals surface area contributed by atoms with Crippen LogP contribution in [0.5, 0.6) is 11.5 Å². The van der Waals surface area contributed by atoms with E-state index in [4.69, 9.17) is 9.47 Å². The van der Waals surface area contributed by atoms with E-state index in [-0.39, 0.29) is 12.5 Å². The fraction of sp³-hybridized carbons (Fsp3) is 0.444. The molecule has 33 heavy (non-hydrogen) atoms. The Morgan fingerprint density at radius 3 is 2.61 bits per heavy atom. The summed E-state index contributed by atoms with van der Waals surface area (Å²) in [5, 5.41) is 2.95. The molecule has 178 valence electrons. The molecule has 0 aromatic heterocycles. The van der Waals surface area contributed by atoms with Gasteiger partial charge in [-0.3, -0.25) is 9.69 Å². The van der Waals surface area contributed by atoms with E-state index < -0.39 is 0 Å². The molecule has 1 fully saturated rings. The molecule has 6 nitrogen and oxygen atoms in total. The molecule has 1 aliphatic rings. The molecule has 0 aliphatic carbocycles. The normalized spacial score (nSPS) is 14.5. The van der Waals surface area contributed by atoms with E-state index in [1.54, 1.807) is 7.11 Å². The van der Waals surface area contributed by atoms with E-state index >= 15 is 0 Å². The molecule has 1 N–H and O–H groups in total. The highest BCUT2D eigenvalue weighted by Crippen LogP contribution is 2.28. The molecule has 1 aliphatic heterocycles. The lowest BCUT2D eigenvalue weighted by molar-refractivity contribution is -0.123. The Morgan fingerprint density at radius 2 is 1.88 bits per heavy atom. The van der Waals surface area contributed by atoms with Crippen molar-refractivity contribution in [3.05, 3.63) is 59.7 Å². The van der Waals surface area contributed by atoms with Gasteiger partial charge < -0.3 is 19.7 Å². The number of hydrogen-bond donors (Lipinski definition) is 1. The van der Waals surface area contributed by atoms with Crippen molar-refractivity contribution in [2.75, 3.05) is 57.9 Å². The highest BCUT2D eigenvalue weighted by molar-refractivity contribution is 5.77. The topological polar surface area (TPSA) is 54.0 Å². The highest BCUT2D eigenvalue weighted by atomic mass is 16.5. The molecule has 2 aromatic rings. The molecule has 0 atom stereocenters. The van der Waals surface area contributed by atoms with Gasteiger partial charge in [0.15, 0.2) is 18.1 Å². The minimum Gasteiger partial charge on any atom is -0.493 e. The lowest BCUT2D eigenvalue weighted by Crippen LogP contribution is -2.46. The Kier molecular flexibility index (Phi) is 9.63. The molecule has 6 heteroatoms. The maximum atomic E-state index is 12.1. The van der Waals surface area contributed by atoms with Gasteiger partial charge in [0, 0.05) is 38.4 Å². The summed E-state index contributed by atoms with van der Waals surface area (Å²) < 4.78 is 11.0. The summed E-state index contributed by atoms with van der Waals surface area (Å²) in [6.45, 7) is 10.1. The second kappa shape index (κ2) is 12.9. The molecule has 1 heterocycles. The number of unbranched alkanes of at least 4 members (excludes halogenated alkanes) is 1. The maximum absolute atomic E-state index is 12.1. The Balaban J connectivity index is 1.28. The van der Waals surface area contributed by atoms with Crippen LogP contribution in [0.2, 0.25) is 0 Å². The number of hydrogen-bond acceptors (Lipinski definition) is 5. The summed E-state index contributed by atoms with van der Waals surface area (Å²) in [5.74, 6) is 1.09. The first kappa shape index (κ1) is 24.6. The summed E-state index contributed by atoms with van der Waals surface area (Å²) in [4.78, 5) is 17.1. The third-order valence-electron chi connectivity index (χ3n) is 5.87. The minimum absolute atomic E-state index is 0.0136. The second-order valence-electron chi connectivity index (χ2n) is 8.42. The van der Waals surface area contributed by atoms with Gasteiger partial charge in [-0.05, 0) is 68.6 Å². The van der Waals surface area contributed by atoms with Crippen LogP contribution in [0.25, 0.3) is 6.08 Å². The number of amides is 1. The van der Waals surface area contributed by atoms with Crippen molar-refractivity contribution in [2.24, 2.45) is 0 Å². The van der Waals surface area contributed by atoms with Crippen LogP contribution in [-0.4, -0.2) is 63.8 Å². The molecule has 1 saturated heterocycles. The van der Waals surface area contributed by atoms with Crippen molar-refractivity contribution < 1.29 is 14.3 Å². The lowest BCUT2D eigenvalue weighted by atomic mass is 10.2. The average molecular weight is 452 g/mol. The van der Waals surface area contributed by atoms with E-state index in [2.05, 4.69) is 46.3 Å². The van der Waals surface area contributed by atoms with Crippen molar-refractivity contribution in [3.8, 4) is 11.5 Å². The molecule has 0 bridgehead atoms. The molecular weight excluding hydrogens is 414 g/mol. The molecule has 3 rings (SSSR count). The van der Waals surface area contributed by atoms with Gasteiger partial charge in [-0.1, -0.05) is 30.4 Å². The monoisotopic (exact) mass is 451 g/mol. The number of piperazine rings is 1. The van der Waals surface area contributed by atoms with Crippen LogP contribution in [0, 0.1) is 6.92 Å². The molecule has 1 amide bonds. The van der Waals surface area contributed by atoms with Crippen LogP contribution >= 0.6 is 0 Å². The number of allylic oxidation sites excluding steroid dienone is 1. The maximum Gasteiger partial charge on any atom is 0.257 e. The van der Waals surface area contributed by atoms with Gasteiger partial charge in [0.1, 0.15) is 0 Å². The van der Waals surface area contributed by atoms with Crippen molar-refractivity contribution >= 4 is 17.7 Å². The minimum atomic E-state index is -0.110. The smallest absolute Gasteiger partial charge is 0.257 e. The van der Waals surface area contributed by atoms with Gasteiger partial charge in [-0.15, -0.1) is 0 Å². The molecule has 2 aromatic carbocycles. The fourth-order valence-electron chi connectivity index (χ4n) is 4.04. The van der Waals surface area contributed by atoms with Crippen molar-refractivity contribution in [2.45, 2.75) is 26.7 Å². The first-order valence-corrected chi connectivity index (χ1v) is 11.8. The highest BCUT2D eigenvalue weighted by Gasteiger charge is 2.16. The third kappa shape index (κ3) is 7.82.